The smallest absolute Gasteiger partial charge is 0.178 e. The summed E-state index contributed by atoms with van der Waals surface area (Å²) in [6, 6.07) is 11.2. The number of halogens is 1. The van der Waals surface area contributed by atoms with Gasteiger partial charge in [-0.2, -0.15) is 0 Å². The van der Waals surface area contributed by atoms with E-state index >= 15 is 0 Å². The van der Waals surface area contributed by atoms with Crippen LogP contribution in [0, 0.1) is 0 Å². The van der Waals surface area contributed by atoms with Gasteiger partial charge in [0, 0.05) is 10.0 Å². The zero-order chi connectivity index (χ0) is 15.5. The molecule has 2 aromatic carbocycles. The van der Waals surface area contributed by atoms with Gasteiger partial charge in [-0.3, -0.25) is 4.79 Å². The number of carbonyl (C=O) groups excluding carboxylic acids is 1. The Morgan fingerprint density at radius 1 is 1.10 bits per heavy atom. The van der Waals surface area contributed by atoms with Crippen molar-refractivity contribution >= 4 is 32.1 Å². The maximum absolute atomic E-state index is 11.7. The molecular weight excluding hydrogens is 356 g/mol. The second kappa shape index (κ2) is 6.41. The number of carbonyl (C=O) groups is 1. The average molecular weight is 369 g/mol. The second-order valence-electron chi connectivity index (χ2n) is 4.28. The number of hydrogen-bond donors (Lipinski definition) is 0. The molecule has 0 fully saturated rings. The molecule has 0 aromatic heterocycles. The molecule has 0 N–H and O–H groups in total. The Balaban J connectivity index is 2.23. The highest BCUT2D eigenvalue weighted by molar-refractivity contribution is 9.10. The minimum Gasteiger partial charge on any atom is -0.457 e. The molecule has 0 radical (unpaired) electrons. The third kappa shape index (κ3) is 3.71. The van der Waals surface area contributed by atoms with Crippen molar-refractivity contribution in [2.24, 2.45) is 0 Å². The number of ether oxygens (including phenoxy) is 1. The first-order chi connectivity index (χ1) is 9.96. The molecule has 4 nitrogen and oxygen atoms in total. The summed E-state index contributed by atoms with van der Waals surface area (Å²) in [4.78, 5) is 11.1. The molecule has 0 aliphatic heterocycles. The monoisotopic (exact) mass is 368 g/mol. The molecule has 0 heterocycles. The molecule has 0 bridgehead atoms. The molecule has 110 valence electrons. The summed E-state index contributed by atoms with van der Waals surface area (Å²) in [5.74, 6) is 1.07. The summed E-state index contributed by atoms with van der Waals surface area (Å²) in [5, 5.41) is 0. The first-order valence-corrected chi connectivity index (χ1v) is 8.66. The maximum atomic E-state index is 11.7. The van der Waals surface area contributed by atoms with E-state index in [2.05, 4.69) is 15.9 Å². The van der Waals surface area contributed by atoms with E-state index in [4.69, 9.17) is 4.74 Å². The normalized spacial score (nSPS) is 11.1. The molecule has 0 unspecified atom stereocenters. The van der Waals surface area contributed by atoms with Crippen molar-refractivity contribution in [3.63, 3.8) is 0 Å². The highest BCUT2D eigenvalue weighted by atomic mass is 79.9. The van der Waals surface area contributed by atoms with Crippen molar-refractivity contribution in [2.45, 2.75) is 11.8 Å². The summed E-state index contributed by atoms with van der Waals surface area (Å²) >= 11 is 3.26. The highest BCUT2D eigenvalue weighted by Crippen LogP contribution is 2.26. The third-order valence-corrected chi connectivity index (χ3v) is 5.37. The predicted molar refractivity (Wildman–Crippen MR) is 83.8 cm³/mol. The Kier molecular flexibility index (Phi) is 4.80. The van der Waals surface area contributed by atoms with Gasteiger partial charge in [0.1, 0.15) is 11.5 Å². The summed E-state index contributed by atoms with van der Waals surface area (Å²) in [5.41, 5.74) is 0.484. The van der Waals surface area contributed by atoms with E-state index in [1.165, 1.54) is 12.1 Å². The Bertz CT molecular complexity index is 752. The fourth-order valence-electron chi connectivity index (χ4n) is 1.69. The van der Waals surface area contributed by atoms with Gasteiger partial charge in [0.25, 0.3) is 0 Å². The van der Waals surface area contributed by atoms with Crippen LogP contribution < -0.4 is 4.74 Å². The molecule has 0 aliphatic rings. The lowest BCUT2D eigenvalue weighted by Crippen LogP contribution is -2.03. The van der Waals surface area contributed by atoms with Crippen LogP contribution in [0.5, 0.6) is 11.5 Å². The van der Waals surface area contributed by atoms with E-state index in [9.17, 15) is 13.2 Å². The molecule has 0 spiro atoms. The number of sulfone groups is 1. The average Bonchev–Trinajstić information content (AvgIpc) is 2.49. The quantitative estimate of drug-likeness (QED) is 0.752. The Morgan fingerprint density at radius 2 is 1.71 bits per heavy atom. The molecule has 0 saturated carbocycles. The molecule has 0 aliphatic carbocycles. The van der Waals surface area contributed by atoms with Crippen LogP contribution in [0.25, 0.3) is 0 Å². The van der Waals surface area contributed by atoms with Crippen molar-refractivity contribution in [3.8, 4) is 11.5 Å². The Hall–Kier alpha value is -1.66. The van der Waals surface area contributed by atoms with Crippen LogP contribution in [0.15, 0.2) is 51.8 Å². The van der Waals surface area contributed by atoms with E-state index in [1.54, 1.807) is 37.3 Å². The molecule has 21 heavy (non-hydrogen) atoms. The van der Waals surface area contributed by atoms with Crippen molar-refractivity contribution in [1.82, 2.24) is 0 Å². The summed E-state index contributed by atoms with van der Waals surface area (Å²) < 4.78 is 29.7. The van der Waals surface area contributed by atoms with Crippen LogP contribution in [-0.4, -0.2) is 20.5 Å². The fraction of sp³-hybridized carbons (Fsp3) is 0.133. The standard InChI is InChI=1S/C15H13BrO4S/c1-2-21(18,19)14-6-3-12(4-7-14)20-13-5-8-15(16)11(9-13)10-17/h3-10H,2H2,1H3. The summed E-state index contributed by atoms with van der Waals surface area (Å²) in [6.07, 6.45) is 0.730. The van der Waals surface area contributed by atoms with Crippen molar-refractivity contribution in [1.29, 1.82) is 0 Å². The van der Waals surface area contributed by atoms with E-state index in [-0.39, 0.29) is 10.6 Å². The van der Waals surface area contributed by atoms with E-state index in [0.717, 1.165) is 6.29 Å². The van der Waals surface area contributed by atoms with Gasteiger partial charge in [0.05, 0.1) is 10.6 Å². The third-order valence-electron chi connectivity index (χ3n) is 2.89. The Morgan fingerprint density at radius 3 is 2.29 bits per heavy atom. The topological polar surface area (TPSA) is 60.4 Å². The number of benzene rings is 2. The van der Waals surface area contributed by atoms with Gasteiger partial charge in [0.15, 0.2) is 16.1 Å². The SMILES string of the molecule is CCS(=O)(=O)c1ccc(Oc2ccc(Br)c(C=O)c2)cc1. The van der Waals surface area contributed by atoms with Gasteiger partial charge in [-0.15, -0.1) is 0 Å². The minimum atomic E-state index is -3.21. The van der Waals surface area contributed by atoms with Crippen LogP contribution in [-0.2, 0) is 9.84 Å². The van der Waals surface area contributed by atoms with Gasteiger partial charge in [-0.25, -0.2) is 8.42 Å². The number of hydrogen-bond acceptors (Lipinski definition) is 4. The van der Waals surface area contributed by atoms with Crippen LogP contribution in [0.3, 0.4) is 0 Å². The summed E-state index contributed by atoms with van der Waals surface area (Å²) in [7, 11) is -3.21. The van der Waals surface area contributed by atoms with Crippen LogP contribution in [0.2, 0.25) is 0 Å². The molecule has 0 saturated heterocycles. The van der Waals surface area contributed by atoms with Crippen molar-refractivity contribution in [3.05, 3.63) is 52.5 Å². The van der Waals surface area contributed by atoms with Crippen molar-refractivity contribution in [2.75, 3.05) is 5.75 Å². The fourth-order valence-corrected chi connectivity index (χ4v) is 2.92. The first-order valence-electron chi connectivity index (χ1n) is 6.21. The van der Waals surface area contributed by atoms with Crippen LogP contribution in [0.1, 0.15) is 17.3 Å². The summed E-state index contributed by atoms with van der Waals surface area (Å²) in [6.45, 7) is 1.60. The highest BCUT2D eigenvalue weighted by Gasteiger charge is 2.11. The maximum Gasteiger partial charge on any atom is 0.178 e. The first kappa shape index (κ1) is 15.7. The minimum absolute atomic E-state index is 0.0581. The molecule has 0 atom stereocenters. The van der Waals surface area contributed by atoms with Crippen LogP contribution in [0.4, 0.5) is 0 Å². The van der Waals surface area contributed by atoms with E-state index in [0.29, 0.717) is 21.5 Å². The van der Waals surface area contributed by atoms with Gasteiger partial charge < -0.3 is 4.74 Å². The lowest BCUT2D eigenvalue weighted by Gasteiger charge is -2.08. The largest absolute Gasteiger partial charge is 0.457 e. The molecule has 2 aromatic rings. The van der Waals surface area contributed by atoms with E-state index in [1.807, 2.05) is 0 Å². The van der Waals surface area contributed by atoms with Gasteiger partial charge >= 0.3 is 0 Å². The molecule has 2 rings (SSSR count). The number of aldehydes is 1. The molecule has 0 amide bonds. The second-order valence-corrected chi connectivity index (χ2v) is 7.41. The van der Waals surface area contributed by atoms with Gasteiger partial charge in [-0.05, 0) is 42.5 Å². The number of rotatable bonds is 5. The lowest BCUT2D eigenvalue weighted by atomic mass is 10.2. The molecular formula is C15H13BrO4S. The van der Waals surface area contributed by atoms with Crippen molar-refractivity contribution < 1.29 is 17.9 Å². The Labute approximate surface area is 131 Å². The zero-order valence-corrected chi connectivity index (χ0v) is 13.6. The molecule has 6 heteroatoms. The zero-order valence-electron chi connectivity index (χ0n) is 11.2. The van der Waals surface area contributed by atoms with Crippen LogP contribution >= 0.6 is 15.9 Å². The van der Waals surface area contributed by atoms with Gasteiger partial charge in [0.2, 0.25) is 0 Å². The van der Waals surface area contributed by atoms with E-state index < -0.39 is 9.84 Å². The van der Waals surface area contributed by atoms with Gasteiger partial charge in [-0.1, -0.05) is 22.9 Å². The lowest BCUT2D eigenvalue weighted by molar-refractivity contribution is 0.112. The predicted octanol–water partition coefficient (Wildman–Crippen LogP) is 3.85.